The highest BCUT2D eigenvalue weighted by Crippen LogP contribution is 2.24. The number of anilines is 2. The van der Waals surface area contributed by atoms with Crippen molar-refractivity contribution in [3.8, 4) is 5.75 Å². The van der Waals surface area contributed by atoms with Crippen molar-refractivity contribution < 1.29 is 17.9 Å². The van der Waals surface area contributed by atoms with E-state index in [-0.39, 0.29) is 5.75 Å². The Bertz CT molecular complexity index is 658. The molecule has 0 radical (unpaired) electrons. The van der Waals surface area contributed by atoms with Crippen LogP contribution in [-0.2, 0) is 0 Å². The van der Waals surface area contributed by atoms with Crippen LogP contribution >= 0.6 is 24.0 Å². The Morgan fingerprint density at radius 3 is 1.87 bits per heavy atom. The standard InChI is InChI=1S/C15H13F3N2OS2/c1-23-13-8-4-11(5-9-13)20-14(22)19-10-2-6-12(7-3-10)21-15(16,17)18/h2-9H,1H3,(H2,19,20,22). The first-order valence-corrected chi connectivity index (χ1v) is 8.07. The molecule has 2 rings (SSSR count). The van der Waals surface area contributed by atoms with E-state index in [0.29, 0.717) is 10.8 Å². The summed E-state index contributed by atoms with van der Waals surface area (Å²) in [7, 11) is 0. The summed E-state index contributed by atoms with van der Waals surface area (Å²) in [6, 6.07) is 13.0. The highest BCUT2D eigenvalue weighted by atomic mass is 32.2. The van der Waals surface area contributed by atoms with Gasteiger partial charge in [-0.2, -0.15) is 0 Å². The Hall–Kier alpha value is -1.93. The predicted molar refractivity (Wildman–Crippen MR) is 91.2 cm³/mol. The Kier molecular flexibility index (Phi) is 5.73. The van der Waals surface area contributed by atoms with Gasteiger partial charge in [-0.1, -0.05) is 0 Å². The molecule has 0 aliphatic heterocycles. The number of ether oxygens (including phenoxy) is 1. The number of hydrogen-bond donors (Lipinski definition) is 2. The van der Waals surface area contributed by atoms with Gasteiger partial charge in [0, 0.05) is 16.3 Å². The second kappa shape index (κ2) is 7.56. The summed E-state index contributed by atoms with van der Waals surface area (Å²) in [5.74, 6) is -0.283. The molecule has 122 valence electrons. The van der Waals surface area contributed by atoms with Gasteiger partial charge in [0.15, 0.2) is 5.11 Å². The smallest absolute Gasteiger partial charge is 0.406 e. The number of benzene rings is 2. The lowest BCUT2D eigenvalue weighted by Gasteiger charge is -2.12. The lowest BCUT2D eigenvalue weighted by molar-refractivity contribution is -0.274. The number of halogens is 3. The van der Waals surface area contributed by atoms with Crippen LogP contribution in [0.1, 0.15) is 0 Å². The molecule has 0 bridgehead atoms. The molecule has 0 fully saturated rings. The SMILES string of the molecule is CSc1ccc(NC(=S)Nc2ccc(OC(F)(F)F)cc2)cc1. The average Bonchev–Trinajstić information content (AvgIpc) is 2.48. The maximum Gasteiger partial charge on any atom is 0.573 e. The van der Waals surface area contributed by atoms with Crippen molar-refractivity contribution in [1.29, 1.82) is 0 Å². The van der Waals surface area contributed by atoms with E-state index >= 15 is 0 Å². The minimum atomic E-state index is -4.70. The Morgan fingerprint density at radius 2 is 1.43 bits per heavy atom. The second-order valence-corrected chi connectivity index (χ2v) is 5.67. The fraction of sp³-hybridized carbons (Fsp3) is 0.133. The van der Waals surface area contributed by atoms with Gasteiger partial charge in [-0.05, 0) is 67.0 Å². The normalized spacial score (nSPS) is 11.0. The summed E-state index contributed by atoms with van der Waals surface area (Å²) in [5, 5.41) is 6.22. The van der Waals surface area contributed by atoms with Gasteiger partial charge in [0.1, 0.15) is 5.75 Å². The van der Waals surface area contributed by atoms with E-state index in [2.05, 4.69) is 15.4 Å². The topological polar surface area (TPSA) is 33.3 Å². The first kappa shape index (κ1) is 17.4. The first-order valence-electron chi connectivity index (χ1n) is 6.43. The molecule has 8 heteroatoms. The van der Waals surface area contributed by atoms with Gasteiger partial charge in [0.05, 0.1) is 0 Å². The minimum absolute atomic E-state index is 0.283. The average molecular weight is 358 g/mol. The highest BCUT2D eigenvalue weighted by molar-refractivity contribution is 7.98. The largest absolute Gasteiger partial charge is 0.573 e. The van der Waals surface area contributed by atoms with Crippen LogP contribution in [0.2, 0.25) is 0 Å². The molecule has 0 unspecified atom stereocenters. The van der Waals surface area contributed by atoms with E-state index in [9.17, 15) is 13.2 Å². The third-order valence-corrected chi connectivity index (χ3v) is 3.64. The molecule has 2 N–H and O–H groups in total. The van der Waals surface area contributed by atoms with Crippen LogP contribution in [0.5, 0.6) is 5.75 Å². The first-order chi connectivity index (χ1) is 10.9. The van der Waals surface area contributed by atoms with Gasteiger partial charge in [-0.25, -0.2) is 0 Å². The fourth-order valence-electron chi connectivity index (χ4n) is 1.71. The van der Waals surface area contributed by atoms with Crippen LogP contribution in [0.3, 0.4) is 0 Å². The van der Waals surface area contributed by atoms with Crippen molar-refractivity contribution in [3.63, 3.8) is 0 Å². The number of nitrogens with one attached hydrogen (secondary N) is 2. The van der Waals surface area contributed by atoms with Crippen molar-refractivity contribution in [1.82, 2.24) is 0 Å². The van der Waals surface area contributed by atoms with Crippen molar-refractivity contribution in [3.05, 3.63) is 48.5 Å². The van der Waals surface area contributed by atoms with Crippen LogP contribution in [0.4, 0.5) is 24.5 Å². The number of thioether (sulfide) groups is 1. The van der Waals surface area contributed by atoms with Crippen molar-refractivity contribution in [2.45, 2.75) is 11.3 Å². The van der Waals surface area contributed by atoms with Gasteiger partial charge in [0.25, 0.3) is 0 Å². The zero-order valence-corrected chi connectivity index (χ0v) is 13.6. The monoisotopic (exact) mass is 358 g/mol. The molecular weight excluding hydrogens is 345 g/mol. The Balaban J connectivity index is 1.91. The van der Waals surface area contributed by atoms with Gasteiger partial charge >= 0.3 is 6.36 Å². The van der Waals surface area contributed by atoms with Crippen LogP contribution < -0.4 is 15.4 Å². The fourth-order valence-corrected chi connectivity index (χ4v) is 2.35. The molecular formula is C15H13F3N2OS2. The Morgan fingerprint density at radius 1 is 0.957 bits per heavy atom. The quantitative estimate of drug-likeness (QED) is 0.586. The van der Waals surface area contributed by atoms with E-state index in [1.54, 1.807) is 11.8 Å². The summed E-state index contributed by atoms with van der Waals surface area (Å²) >= 11 is 6.80. The van der Waals surface area contributed by atoms with Crippen LogP contribution in [0, 0.1) is 0 Å². The molecule has 2 aromatic carbocycles. The van der Waals surface area contributed by atoms with Crippen molar-refractivity contribution in [2.75, 3.05) is 16.9 Å². The molecule has 0 saturated carbocycles. The zero-order valence-electron chi connectivity index (χ0n) is 12.0. The molecule has 0 aromatic heterocycles. The summed E-state index contributed by atoms with van der Waals surface area (Å²) in [5.41, 5.74) is 1.37. The second-order valence-electron chi connectivity index (χ2n) is 4.38. The summed E-state index contributed by atoms with van der Waals surface area (Å²) in [6.07, 6.45) is -2.71. The van der Waals surface area contributed by atoms with Gasteiger partial charge in [0.2, 0.25) is 0 Å². The minimum Gasteiger partial charge on any atom is -0.406 e. The molecule has 0 aliphatic carbocycles. The molecule has 2 aromatic rings. The van der Waals surface area contributed by atoms with Crippen molar-refractivity contribution in [2.24, 2.45) is 0 Å². The van der Waals surface area contributed by atoms with Crippen LogP contribution in [0.15, 0.2) is 53.4 Å². The third-order valence-electron chi connectivity index (χ3n) is 2.69. The van der Waals surface area contributed by atoms with Gasteiger partial charge in [-0.3, -0.25) is 0 Å². The summed E-state index contributed by atoms with van der Waals surface area (Å²) in [4.78, 5) is 1.13. The number of alkyl halides is 3. The molecule has 0 amide bonds. The molecule has 0 atom stereocenters. The number of hydrogen-bond acceptors (Lipinski definition) is 3. The van der Waals surface area contributed by atoms with Crippen LogP contribution in [-0.4, -0.2) is 17.7 Å². The zero-order chi connectivity index (χ0) is 16.9. The van der Waals surface area contributed by atoms with E-state index in [0.717, 1.165) is 10.6 Å². The lowest BCUT2D eigenvalue weighted by Crippen LogP contribution is -2.19. The maximum atomic E-state index is 12.1. The van der Waals surface area contributed by atoms with E-state index in [1.807, 2.05) is 30.5 Å². The predicted octanol–water partition coefficient (Wildman–Crippen LogP) is 5.12. The summed E-state index contributed by atoms with van der Waals surface area (Å²) in [6.45, 7) is 0. The molecule has 0 aliphatic rings. The molecule has 3 nitrogen and oxygen atoms in total. The van der Waals surface area contributed by atoms with Crippen molar-refractivity contribution >= 4 is 40.5 Å². The maximum absolute atomic E-state index is 12.1. The lowest BCUT2D eigenvalue weighted by atomic mass is 10.3. The van der Waals surface area contributed by atoms with Gasteiger partial charge in [-0.15, -0.1) is 24.9 Å². The number of thiocarbonyl (C=S) groups is 1. The molecule has 0 spiro atoms. The Labute approximate surface area is 141 Å². The number of rotatable bonds is 4. The molecule has 0 heterocycles. The van der Waals surface area contributed by atoms with Gasteiger partial charge < -0.3 is 15.4 Å². The summed E-state index contributed by atoms with van der Waals surface area (Å²) < 4.78 is 40.0. The van der Waals surface area contributed by atoms with E-state index in [1.165, 1.54) is 24.3 Å². The highest BCUT2D eigenvalue weighted by Gasteiger charge is 2.30. The molecule has 0 saturated heterocycles. The van der Waals surface area contributed by atoms with Crippen LogP contribution in [0.25, 0.3) is 0 Å². The van der Waals surface area contributed by atoms with E-state index in [4.69, 9.17) is 12.2 Å². The molecule has 23 heavy (non-hydrogen) atoms. The third kappa shape index (κ3) is 5.99. The van der Waals surface area contributed by atoms with E-state index < -0.39 is 6.36 Å².